The molecule has 0 atom stereocenters. The lowest BCUT2D eigenvalue weighted by Gasteiger charge is -2.07. The van der Waals surface area contributed by atoms with E-state index in [2.05, 4.69) is 54.6 Å². The number of benzene rings is 3. The number of hydrogen-bond acceptors (Lipinski definition) is 1. The third kappa shape index (κ3) is 1.98. The Labute approximate surface area is 107 Å². The van der Waals surface area contributed by atoms with Crippen LogP contribution in [0.2, 0.25) is 0 Å². The molecule has 0 unspecified atom stereocenters. The monoisotopic (exact) mass is 236 g/mol. The molecule has 0 saturated heterocycles. The molecule has 0 radical (unpaired) electrons. The fourth-order valence-corrected chi connectivity index (χ4v) is 2.36. The lowest BCUT2D eigenvalue weighted by atomic mass is 10.0. The van der Waals surface area contributed by atoms with Crippen molar-refractivity contribution in [1.29, 1.82) is 0 Å². The molecule has 0 aromatic heterocycles. The van der Waals surface area contributed by atoms with Crippen molar-refractivity contribution in [3.63, 3.8) is 0 Å². The molecule has 0 aliphatic rings. The second kappa shape index (κ2) is 4.79. The van der Waals surface area contributed by atoms with Crippen molar-refractivity contribution in [2.75, 3.05) is 6.61 Å². The van der Waals surface area contributed by atoms with Gasteiger partial charge in [-0.25, -0.2) is 0 Å². The molecule has 0 heterocycles. The lowest BCUT2D eigenvalue weighted by Crippen LogP contribution is -1.91. The summed E-state index contributed by atoms with van der Waals surface area (Å²) < 4.78 is 5.48. The van der Waals surface area contributed by atoms with Gasteiger partial charge in [-0.3, -0.25) is 0 Å². The van der Waals surface area contributed by atoms with Gasteiger partial charge in [-0.15, -0.1) is 0 Å². The number of hydrogen-bond donors (Lipinski definition) is 0. The van der Waals surface area contributed by atoms with E-state index in [-0.39, 0.29) is 0 Å². The Morgan fingerprint density at radius 3 is 2.39 bits per heavy atom. The second-order valence-electron chi connectivity index (χ2n) is 4.48. The third-order valence-corrected chi connectivity index (χ3v) is 3.28. The molecule has 3 rings (SSSR count). The summed E-state index contributed by atoms with van der Waals surface area (Å²) in [5.74, 6) is 0. The summed E-state index contributed by atoms with van der Waals surface area (Å²) in [7, 11) is 0. The SMILES string of the molecule is CCOCc1ccc2ccc3ccccc3c2c1. The van der Waals surface area contributed by atoms with E-state index in [9.17, 15) is 0 Å². The van der Waals surface area contributed by atoms with Crippen LogP contribution < -0.4 is 0 Å². The minimum absolute atomic E-state index is 0.690. The summed E-state index contributed by atoms with van der Waals surface area (Å²) in [4.78, 5) is 0. The van der Waals surface area contributed by atoms with Gasteiger partial charge in [-0.2, -0.15) is 0 Å². The Morgan fingerprint density at radius 2 is 1.56 bits per heavy atom. The molecule has 18 heavy (non-hydrogen) atoms. The first-order chi connectivity index (χ1) is 8.88. The van der Waals surface area contributed by atoms with E-state index in [1.54, 1.807) is 0 Å². The van der Waals surface area contributed by atoms with Gasteiger partial charge in [0.25, 0.3) is 0 Å². The Hall–Kier alpha value is -1.86. The Morgan fingerprint density at radius 1 is 0.833 bits per heavy atom. The highest BCUT2D eigenvalue weighted by atomic mass is 16.5. The van der Waals surface area contributed by atoms with Gasteiger partial charge < -0.3 is 4.74 Å². The highest BCUT2D eigenvalue weighted by Crippen LogP contribution is 2.26. The van der Waals surface area contributed by atoms with Crippen molar-refractivity contribution in [2.45, 2.75) is 13.5 Å². The van der Waals surface area contributed by atoms with E-state index in [4.69, 9.17) is 4.74 Å². The summed E-state index contributed by atoms with van der Waals surface area (Å²) in [6, 6.07) is 19.4. The maximum Gasteiger partial charge on any atom is 0.0716 e. The molecule has 90 valence electrons. The summed E-state index contributed by atoms with van der Waals surface area (Å²) in [6.07, 6.45) is 0. The minimum Gasteiger partial charge on any atom is -0.377 e. The standard InChI is InChI=1S/C17H16O/c1-2-18-12-13-7-8-15-10-9-14-5-3-4-6-16(14)17(15)11-13/h3-11H,2,12H2,1H3. The van der Waals surface area contributed by atoms with Crippen molar-refractivity contribution in [3.05, 3.63) is 60.2 Å². The summed E-state index contributed by atoms with van der Waals surface area (Å²) in [6.45, 7) is 3.47. The van der Waals surface area contributed by atoms with Gasteiger partial charge in [0.05, 0.1) is 6.61 Å². The lowest BCUT2D eigenvalue weighted by molar-refractivity contribution is 0.134. The van der Waals surface area contributed by atoms with E-state index in [1.807, 2.05) is 6.92 Å². The highest BCUT2D eigenvalue weighted by molar-refractivity contribution is 6.07. The van der Waals surface area contributed by atoms with Crippen LogP contribution in [0.15, 0.2) is 54.6 Å². The van der Waals surface area contributed by atoms with Crippen molar-refractivity contribution in [3.8, 4) is 0 Å². The minimum atomic E-state index is 0.690. The van der Waals surface area contributed by atoms with Crippen LogP contribution in [0.1, 0.15) is 12.5 Å². The zero-order valence-electron chi connectivity index (χ0n) is 10.5. The molecule has 0 saturated carbocycles. The molecule has 0 fully saturated rings. The van der Waals surface area contributed by atoms with Gasteiger partial charge in [-0.1, -0.05) is 48.5 Å². The molecule has 0 spiro atoms. The Balaban J connectivity index is 2.20. The molecular formula is C17H16O. The first-order valence-electron chi connectivity index (χ1n) is 6.36. The predicted molar refractivity (Wildman–Crippen MR) is 76.8 cm³/mol. The largest absolute Gasteiger partial charge is 0.377 e. The molecule has 1 nitrogen and oxygen atoms in total. The molecule has 3 aromatic rings. The summed E-state index contributed by atoms with van der Waals surface area (Å²) >= 11 is 0. The van der Waals surface area contributed by atoms with Crippen LogP contribution in [0.4, 0.5) is 0 Å². The summed E-state index contributed by atoms with van der Waals surface area (Å²) in [5.41, 5.74) is 1.24. The molecule has 0 aliphatic heterocycles. The zero-order valence-corrected chi connectivity index (χ0v) is 10.5. The van der Waals surface area contributed by atoms with Gasteiger partial charge in [0.15, 0.2) is 0 Å². The van der Waals surface area contributed by atoms with Crippen molar-refractivity contribution in [1.82, 2.24) is 0 Å². The van der Waals surface area contributed by atoms with Crippen LogP contribution in [-0.2, 0) is 11.3 Å². The predicted octanol–water partition coefficient (Wildman–Crippen LogP) is 4.53. The first kappa shape index (κ1) is 11.2. The van der Waals surface area contributed by atoms with Crippen LogP contribution in [0.25, 0.3) is 21.5 Å². The van der Waals surface area contributed by atoms with E-state index in [1.165, 1.54) is 27.1 Å². The Bertz CT molecular complexity index is 685. The van der Waals surface area contributed by atoms with Gasteiger partial charge >= 0.3 is 0 Å². The molecule has 0 bridgehead atoms. The molecule has 0 N–H and O–H groups in total. The number of rotatable bonds is 3. The average Bonchev–Trinajstić information content (AvgIpc) is 2.45. The quantitative estimate of drug-likeness (QED) is 0.607. The van der Waals surface area contributed by atoms with Crippen LogP contribution in [0.5, 0.6) is 0 Å². The van der Waals surface area contributed by atoms with Crippen LogP contribution in [0.3, 0.4) is 0 Å². The molecule has 3 aromatic carbocycles. The van der Waals surface area contributed by atoms with Crippen molar-refractivity contribution >= 4 is 21.5 Å². The van der Waals surface area contributed by atoms with Crippen LogP contribution in [0, 0.1) is 0 Å². The molecule has 1 heteroatoms. The maximum absolute atomic E-state index is 5.48. The second-order valence-corrected chi connectivity index (χ2v) is 4.48. The van der Waals surface area contributed by atoms with Gasteiger partial charge in [0.2, 0.25) is 0 Å². The van der Waals surface area contributed by atoms with E-state index in [0.29, 0.717) is 6.61 Å². The summed E-state index contributed by atoms with van der Waals surface area (Å²) in [5, 5.41) is 5.20. The van der Waals surface area contributed by atoms with Crippen molar-refractivity contribution in [2.24, 2.45) is 0 Å². The third-order valence-electron chi connectivity index (χ3n) is 3.28. The maximum atomic E-state index is 5.48. The van der Waals surface area contributed by atoms with E-state index in [0.717, 1.165) is 6.61 Å². The van der Waals surface area contributed by atoms with Gasteiger partial charge in [-0.05, 0) is 40.1 Å². The van der Waals surface area contributed by atoms with Crippen LogP contribution in [-0.4, -0.2) is 6.61 Å². The smallest absolute Gasteiger partial charge is 0.0716 e. The average molecular weight is 236 g/mol. The topological polar surface area (TPSA) is 9.23 Å². The van der Waals surface area contributed by atoms with Gasteiger partial charge in [0, 0.05) is 6.61 Å². The Kier molecular flexibility index (Phi) is 2.99. The van der Waals surface area contributed by atoms with E-state index < -0.39 is 0 Å². The normalized spacial score (nSPS) is 11.2. The fraction of sp³-hybridized carbons (Fsp3) is 0.176. The zero-order chi connectivity index (χ0) is 12.4. The van der Waals surface area contributed by atoms with Gasteiger partial charge in [0.1, 0.15) is 0 Å². The van der Waals surface area contributed by atoms with E-state index >= 15 is 0 Å². The first-order valence-corrected chi connectivity index (χ1v) is 6.36. The fourth-order valence-electron chi connectivity index (χ4n) is 2.36. The molecule has 0 aliphatic carbocycles. The molecular weight excluding hydrogens is 220 g/mol. The molecule has 0 amide bonds. The number of ether oxygens (including phenoxy) is 1. The van der Waals surface area contributed by atoms with Crippen molar-refractivity contribution < 1.29 is 4.74 Å². The van der Waals surface area contributed by atoms with Crippen LogP contribution >= 0.6 is 0 Å². The number of fused-ring (bicyclic) bond motifs is 3. The highest BCUT2D eigenvalue weighted by Gasteiger charge is 2.01.